The summed E-state index contributed by atoms with van der Waals surface area (Å²) in [4.78, 5) is 11.4. The molecule has 1 aliphatic rings. The van der Waals surface area contributed by atoms with Gasteiger partial charge in [0.05, 0.1) is 18.1 Å². The van der Waals surface area contributed by atoms with Gasteiger partial charge in [-0.3, -0.25) is 9.88 Å². The predicted molar refractivity (Wildman–Crippen MR) is 74.5 cm³/mol. The Balaban J connectivity index is 1.93. The molecule has 0 bridgehead atoms. The van der Waals surface area contributed by atoms with Gasteiger partial charge in [0.25, 0.3) is 0 Å². The van der Waals surface area contributed by atoms with Crippen LogP contribution >= 0.6 is 0 Å². The van der Waals surface area contributed by atoms with Gasteiger partial charge in [-0.25, -0.2) is 4.98 Å². The van der Waals surface area contributed by atoms with Gasteiger partial charge in [0, 0.05) is 25.7 Å². The number of rotatable bonds is 7. The Labute approximate surface area is 110 Å². The van der Waals surface area contributed by atoms with E-state index in [1.165, 1.54) is 12.8 Å². The van der Waals surface area contributed by atoms with Crippen LogP contribution in [0.1, 0.15) is 39.3 Å². The maximum absolute atomic E-state index is 4.49. The van der Waals surface area contributed by atoms with Crippen LogP contribution in [0.5, 0.6) is 0 Å². The molecule has 0 aromatic carbocycles. The summed E-state index contributed by atoms with van der Waals surface area (Å²) in [5.41, 5.74) is 1.07. The van der Waals surface area contributed by atoms with Gasteiger partial charge in [0.2, 0.25) is 0 Å². The lowest BCUT2D eigenvalue weighted by Crippen LogP contribution is -2.29. The van der Waals surface area contributed by atoms with Crippen LogP contribution in [-0.4, -0.2) is 34.0 Å². The van der Waals surface area contributed by atoms with Crippen molar-refractivity contribution in [2.45, 2.75) is 46.2 Å². The first-order chi connectivity index (χ1) is 8.69. The molecular weight excluding hydrogens is 224 g/mol. The largest absolute Gasteiger partial charge is 0.369 e. The van der Waals surface area contributed by atoms with Crippen LogP contribution in [0.15, 0.2) is 12.4 Å². The molecule has 2 rings (SSSR count). The van der Waals surface area contributed by atoms with Crippen molar-refractivity contribution >= 4 is 5.82 Å². The second kappa shape index (κ2) is 6.14. The lowest BCUT2D eigenvalue weighted by molar-refractivity contribution is 0.223. The Kier molecular flexibility index (Phi) is 4.53. The summed E-state index contributed by atoms with van der Waals surface area (Å²) < 4.78 is 0. The van der Waals surface area contributed by atoms with E-state index in [9.17, 15) is 0 Å². The van der Waals surface area contributed by atoms with E-state index in [0.717, 1.165) is 37.2 Å². The van der Waals surface area contributed by atoms with Gasteiger partial charge < -0.3 is 5.32 Å². The van der Waals surface area contributed by atoms with Gasteiger partial charge in [-0.15, -0.1) is 0 Å². The van der Waals surface area contributed by atoms with Crippen molar-refractivity contribution < 1.29 is 0 Å². The van der Waals surface area contributed by atoms with Crippen molar-refractivity contribution in [2.75, 3.05) is 18.4 Å². The van der Waals surface area contributed by atoms with Crippen LogP contribution in [0.2, 0.25) is 0 Å². The topological polar surface area (TPSA) is 41.1 Å². The second-order valence-corrected chi connectivity index (χ2v) is 5.48. The van der Waals surface area contributed by atoms with Gasteiger partial charge in [0.1, 0.15) is 5.82 Å². The van der Waals surface area contributed by atoms with E-state index >= 15 is 0 Å². The molecule has 0 aliphatic heterocycles. The van der Waals surface area contributed by atoms with Crippen LogP contribution in [-0.2, 0) is 6.54 Å². The SMILES string of the molecule is CCNc1cnc(CN(CC(C)C)C2CC2)cn1. The number of nitrogens with one attached hydrogen (secondary N) is 1. The van der Waals surface area contributed by atoms with E-state index in [0.29, 0.717) is 5.92 Å². The Morgan fingerprint density at radius 1 is 1.33 bits per heavy atom. The van der Waals surface area contributed by atoms with Crippen molar-refractivity contribution in [1.82, 2.24) is 14.9 Å². The van der Waals surface area contributed by atoms with Gasteiger partial charge >= 0.3 is 0 Å². The third-order valence-electron chi connectivity index (χ3n) is 3.09. The minimum absolute atomic E-state index is 0.708. The first-order valence-corrected chi connectivity index (χ1v) is 6.98. The maximum Gasteiger partial charge on any atom is 0.144 e. The number of hydrogen-bond acceptors (Lipinski definition) is 4. The first-order valence-electron chi connectivity index (χ1n) is 6.98. The molecule has 1 aromatic heterocycles. The summed E-state index contributed by atoms with van der Waals surface area (Å²) >= 11 is 0. The van der Waals surface area contributed by atoms with Crippen molar-refractivity contribution in [3.8, 4) is 0 Å². The molecule has 1 aromatic rings. The fraction of sp³-hybridized carbons (Fsp3) is 0.714. The molecule has 100 valence electrons. The molecule has 1 heterocycles. The monoisotopic (exact) mass is 248 g/mol. The molecule has 1 fully saturated rings. The normalized spacial score (nSPS) is 15.4. The van der Waals surface area contributed by atoms with Gasteiger partial charge in [-0.05, 0) is 25.7 Å². The summed E-state index contributed by atoms with van der Waals surface area (Å²) in [6, 6.07) is 0.780. The average Bonchev–Trinajstić information content (AvgIpc) is 3.14. The fourth-order valence-corrected chi connectivity index (χ4v) is 2.17. The van der Waals surface area contributed by atoms with Crippen molar-refractivity contribution in [3.63, 3.8) is 0 Å². The zero-order valence-electron chi connectivity index (χ0n) is 11.7. The molecule has 18 heavy (non-hydrogen) atoms. The molecule has 0 atom stereocenters. The van der Waals surface area contributed by atoms with Crippen molar-refractivity contribution in [3.05, 3.63) is 18.1 Å². The number of nitrogens with zero attached hydrogens (tertiary/aromatic N) is 3. The van der Waals surface area contributed by atoms with Gasteiger partial charge in [-0.2, -0.15) is 0 Å². The van der Waals surface area contributed by atoms with Crippen LogP contribution < -0.4 is 5.32 Å². The van der Waals surface area contributed by atoms with Gasteiger partial charge in [0.15, 0.2) is 0 Å². The third-order valence-corrected chi connectivity index (χ3v) is 3.09. The molecule has 1 saturated carbocycles. The zero-order valence-corrected chi connectivity index (χ0v) is 11.7. The molecular formula is C14H24N4. The Morgan fingerprint density at radius 3 is 2.61 bits per heavy atom. The second-order valence-electron chi connectivity index (χ2n) is 5.48. The molecule has 1 aliphatic carbocycles. The molecule has 0 unspecified atom stereocenters. The summed E-state index contributed by atoms with van der Waals surface area (Å²) in [7, 11) is 0. The number of anilines is 1. The van der Waals surface area contributed by atoms with Crippen molar-refractivity contribution in [2.24, 2.45) is 5.92 Å². The van der Waals surface area contributed by atoms with E-state index in [4.69, 9.17) is 0 Å². The third kappa shape index (κ3) is 3.95. The quantitative estimate of drug-likeness (QED) is 0.805. The predicted octanol–water partition coefficient (Wildman–Crippen LogP) is 2.53. The lowest BCUT2D eigenvalue weighted by atomic mass is 10.2. The smallest absolute Gasteiger partial charge is 0.144 e. The number of hydrogen-bond donors (Lipinski definition) is 1. The summed E-state index contributed by atoms with van der Waals surface area (Å²) in [5, 5.41) is 3.17. The lowest BCUT2D eigenvalue weighted by Gasteiger charge is -2.23. The average molecular weight is 248 g/mol. The summed E-state index contributed by atoms with van der Waals surface area (Å²) in [6.07, 6.45) is 6.41. The van der Waals surface area contributed by atoms with E-state index in [2.05, 4.69) is 41.0 Å². The standard InChI is InChI=1S/C14H24N4/c1-4-15-14-8-16-12(7-17-14)10-18(9-11(2)3)13-5-6-13/h7-8,11,13H,4-6,9-10H2,1-3H3,(H,15,17). The van der Waals surface area contributed by atoms with Crippen LogP contribution in [0.4, 0.5) is 5.82 Å². The van der Waals surface area contributed by atoms with Crippen LogP contribution in [0, 0.1) is 5.92 Å². The molecule has 1 N–H and O–H groups in total. The summed E-state index contributed by atoms with van der Waals surface area (Å²) in [6.45, 7) is 9.58. The molecule has 4 heteroatoms. The Bertz CT molecular complexity index is 357. The fourth-order valence-electron chi connectivity index (χ4n) is 2.17. The molecule has 0 amide bonds. The van der Waals surface area contributed by atoms with E-state index < -0.39 is 0 Å². The Morgan fingerprint density at radius 2 is 2.11 bits per heavy atom. The van der Waals surface area contributed by atoms with E-state index in [-0.39, 0.29) is 0 Å². The first kappa shape index (κ1) is 13.3. The van der Waals surface area contributed by atoms with E-state index in [1.807, 2.05) is 12.4 Å². The van der Waals surface area contributed by atoms with Crippen LogP contribution in [0.25, 0.3) is 0 Å². The van der Waals surface area contributed by atoms with E-state index in [1.54, 1.807) is 0 Å². The molecule has 4 nitrogen and oxygen atoms in total. The van der Waals surface area contributed by atoms with Gasteiger partial charge in [-0.1, -0.05) is 13.8 Å². The minimum atomic E-state index is 0.708. The van der Waals surface area contributed by atoms with Crippen LogP contribution in [0.3, 0.4) is 0 Å². The highest BCUT2D eigenvalue weighted by Crippen LogP contribution is 2.28. The number of aromatic nitrogens is 2. The highest BCUT2D eigenvalue weighted by Gasteiger charge is 2.29. The highest BCUT2D eigenvalue weighted by molar-refractivity contribution is 5.30. The molecule has 0 radical (unpaired) electrons. The molecule has 0 saturated heterocycles. The minimum Gasteiger partial charge on any atom is -0.369 e. The highest BCUT2D eigenvalue weighted by atomic mass is 15.2. The Hall–Kier alpha value is -1.16. The molecule has 0 spiro atoms. The van der Waals surface area contributed by atoms with Crippen molar-refractivity contribution in [1.29, 1.82) is 0 Å². The summed E-state index contributed by atoms with van der Waals surface area (Å²) in [5.74, 6) is 1.57. The maximum atomic E-state index is 4.49. The zero-order chi connectivity index (χ0) is 13.0.